The van der Waals surface area contributed by atoms with Gasteiger partial charge in [0.2, 0.25) is 0 Å². The van der Waals surface area contributed by atoms with E-state index < -0.39 is 0 Å². The minimum Gasteiger partial charge on any atom is -0.383 e. The number of nitrogens with one attached hydrogen (secondary N) is 2. The van der Waals surface area contributed by atoms with E-state index in [0.29, 0.717) is 19.7 Å². The standard InChI is InChI=1S/C11H22N2O2/c1-15-9-6-12-11(14)10-13-7-4-2-3-5-8-13/h2-10H2,1H3,(H,12,14)/p+1. The fourth-order valence-corrected chi connectivity index (χ4v) is 1.99. The summed E-state index contributed by atoms with van der Waals surface area (Å²) in [5, 5.41) is 2.87. The Morgan fingerprint density at radius 1 is 1.27 bits per heavy atom. The first-order chi connectivity index (χ1) is 7.33. The van der Waals surface area contributed by atoms with Gasteiger partial charge in [-0.1, -0.05) is 0 Å². The second kappa shape index (κ2) is 7.65. The Hall–Kier alpha value is -0.610. The second-order valence-corrected chi connectivity index (χ2v) is 4.18. The lowest BCUT2D eigenvalue weighted by molar-refractivity contribution is -0.891. The SMILES string of the molecule is COCCNC(=O)C[NH+]1CCCCCC1. The molecule has 1 fully saturated rings. The molecule has 1 aliphatic heterocycles. The fourth-order valence-electron chi connectivity index (χ4n) is 1.99. The number of likely N-dealkylation sites (tertiary alicyclic amines) is 1. The predicted octanol–water partition coefficient (Wildman–Crippen LogP) is -0.792. The van der Waals surface area contributed by atoms with Gasteiger partial charge >= 0.3 is 0 Å². The molecule has 0 spiro atoms. The second-order valence-electron chi connectivity index (χ2n) is 4.18. The van der Waals surface area contributed by atoms with Crippen LogP contribution in [0.1, 0.15) is 25.7 Å². The summed E-state index contributed by atoms with van der Waals surface area (Å²) in [5.41, 5.74) is 0. The highest BCUT2D eigenvalue weighted by Gasteiger charge is 2.15. The van der Waals surface area contributed by atoms with Gasteiger partial charge in [-0.25, -0.2) is 0 Å². The number of methoxy groups -OCH3 is 1. The lowest BCUT2D eigenvalue weighted by atomic mass is 10.2. The summed E-state index contributed by atoms with van der Waals surface area (Å²) in [6, 6.07) is 0. The molecule has 4 nitrogen and oxygen atoms in total. The molecule has 0 bridgehead atoms. The minimum atomic E-state index is 0.156. The summed E-state index contributed by atoms with van der Waals surface area (Å²) in [6.07, 6.45) is 5.19. The monoisotopic (exact) mass is 215 g/mol. The van der Waals surface area contributed by atoms with Crippen molar-refractivity contribution in [3.8, 4) is 0 Å². The van der Waals surface area contributed by atoms with Gasteiger partial charge in [-0.2, -0.15) is 0 Å². The average molecular weight is 215 g/mol. The first kappa shape index (κ1) is 12.5. The third-order valence-corrected chi connectivity index (χ3v) is 2.85. The number of carbonyl (C=O) groups is 1. The number of quaternary nitrogens is 1. The van der Waals surface area contributed by atoms with E-state index >= 15 is 0 Å². The summed E-state index contributed by atoms with van der Waals surface area (Å²) in [5.74, 6) is 0.156. The van der Waals surface area contributed by atoms with Crippen molar-refractivity contribution >= 4 is 5.91 Å². The van der Waals surface area contributed by atoms with Gasteiger partial charge in [-0.05, 0) is 25.7 Å². The molecule has 2 N–H and O–H groups in total. The van der Waals surface area contributed by atoms with E-state index in [1.165, 1.54) is 30.6 Å². The van der Waals surface area contributed by atoms with Gasteiger partial charge in [0.25, 0.3) is 5.91 Å². The van der Waals surface area contributed by atoms with Crippen LogP contribution < -0.4 is 10.2 Å². The molecular weight excluding hydrogens is 192 g/mol. The highest BCUT2D eigenvalue weighted by atomic mass is 16.5. The minimum absolute atomic E-state index is 0.156. The molecule has 0 aliphatic carbocycles. The van der Waals surface area contributed by atoms with Crippen molar-refractivity contribution in [2.75, 3.05) is 39.9 Å². The summed E-state index contributed by atoms with van der Waals surface area (Å²) in [4.78, 5) is 12.9. The fraction of sp³-hybridized carbons (Fsp3) is 0.909. The lowest BCUT2D eigenvalue weighted by Gasteiger charge is -2.16. The zero-order chi connectivity index (χ0) is 10.9. The van der Waals surface area contributed by atoms with Crippen molar-refractivity contribution in [3.63, 3.8) is 0 Å². The number of rotatable bonds is 5. The van der Waals surface area contributed by atoms with Crippen LogP contribution in [0.2, 0.25) is 0 Å². The maximum atomic E-state index is 11.5. The number of amides is 1. The summed E-state index contributed by atoms with van der Waals surface area (Å²) in [7, 11) is 1.65. The van der Waals surface area contributed by atoms with Crippen LogP contribution in [0.3, 0.4) is 0 Å². The molecule has 1 heterocycles. The Labute approximate surface area is 92.0 Å². The average Bonchev–Trinajstić information content (AvgIpc) is 2.47. The third kappa shape index (κ3) is 5.74. The van der Waals surface area contributed by atoms with Crippen LogP contribution in [0.25, 0.3) is 0 Å². The number of ether oxygens (including phenoxy) is 1. The number of hydrogen-bond donors (Lipinski definition) is 2. The molecule has 0 saturated carbocycles. The van der Waals surface area contributed by atoms with Crippen molar-refractivity contribution < 1.29 is 14.4 Å². The van der Waals surface area contributed by atoms with Crippen molar-refractivity contribution in [2.45, 2.75) is 25.7 Å². The van der Waals surface area contributed by atoms with Crippen LogP contribution in [0, 0.1) is 0 Å². The normalized spacial score (nSPS) is 18.5. The van der Waals surface area contributed by atoms with Gasteiger partial charge in [-0.3, -0.25) is 4.79 Å². The van der Waals surface area contributed by atoms with E-state index in [9.17, 15) is 4.79 Å². The van der Waals surface area contributed by atoms with Crippen molar-refractivity contribution in [2.24, 2.45) is 0 Å². The molecule has 1 rings (SSSR count). The maximum absolute atomic E-state index is 11.5. The van der Waals surface area contributed by atoms with Crippen LogP contribution >= 0.6 is 0 Å². The topological polar surface area (TPSA) is 42.8 Å². The van der Waals surface area contributed by atoms with Gasteiger partial charge in [0.05, 0.1) is 19.7 Å². The summed E-state index contributed by atoms with van der Waals surface area (Å²) < 4.78 is 4.88. The molecule has 1 amide bonds. The van der Waals surface area contributed by atoms with E-state index in [4.69, 9.17) is 4.74 Å². The Kier molecular flexibility index (Phi) is 6.36. The molecule has 0 radical (unpaired) electrons. The molecule has 0 unspecified atom stereocenters. The van der Waals surface area contributed by atoms with E-state index in [1.807, 2.05) is 0 Å². The lowest BCUT2D eigenvalue weighted by Crippen LogP contribution is -3.13. The molecule has 88 valence electrons. The van der Waals surface area contributed by atoms with E-state index in [2.05, 4.69) is 5.32 Å². The first-order valence-corrected chi connectivity index (χ1v) is 5.92. The quantitative estimate of drug-likeness (QED) is 0.590. The predicted molar refractivity (Wildman–Crippen MR) is 58.9 cm³/mol. The van der Waals surface area contributed by atoms with Crippen LogP contribution in [-0.4, -0.2) is 45.8 Å². The Morgan fingerprint density at radius 2 is 1.93 bits per heavy atom. The molecule has 15 heavy (non-hydrogen) atoms. The highest BCUT2D eigenvalue weighted by Crippen LogP contribution is 1.98. The van der Waals surface area contributed by atoms with E-state index in [0.717, 1.165) is 13.1 Å². The van der Waals surface area contributed by atoms with Crippen LogP contribution in [0.5, 0.6) is 0 Å². The van der Waals surface area contributed by atoms with Crippen LogP contribution in [-0.2, 0) is 9.53 Å². The van der Waals surface area contributed by atoms with Crippen LogP contribution in [0.15, 0.2) is 0 Å². The Bertz CT molecular complexity index is 177. The summed E-state index contributed by atoms with van der Waals surface area (Å²) in [6.45, 7) is 4.16. The van der Waals surface area contributed by atoms with Crippen LogP contribution in [0.4, 0.5) is 0 Å². The third-order valence-electron chi connectivity index (χ3n) is 2.85. The molecule has 0 aromatic rings. The van der Waals surface area contributed by atoms with Crippen molar-refractivity contribution in [1.29, 1.82) is 0 Å². The molecular formula is C11H23N2O2+. The van der Waals surface area contributed by atoms with Crippen molar-refractivity contribution in [1.82, 2.24) is 5.32 Å². The van der Waals surface area contributed by atoms with Gasteiger partial charge in [-0.15, -0.1) is 0 Å². The maximum Gasteiger partial charge on any atom is 0.275 e. The molecule has 4 heteroatoms. The highest BCUT2D eigenvalue weighted by molar-refractivity contribution is 5.76. The molecule has 1 saturated heterocycles. The smallest absolute Gasteiger partial charge is 0.275 e. The molecule has 0 aromatic heterocycles. The molecule has 0 atom stereocenters. The largest absolute Gasteiger partial charge is 0.383 e. The Morgan fingerprint density at radius 3 is 2.53 bits per heavy atom. The van der Waals surface area contributed by atoms with Gasteiger partial charge in [0.15, 0.2) is 6.54 Å². The van der Waals surface area contributed by atoms with Gasteiger partial charge in [0.1, 0.15) is 0 Å². The Balaban J connectivity index is 2.12. The molecule has 1 aliphatic rings. The summed E-state index contributed by atoms with van der Waals surface area (Å²) >= 11 is 0. The van der Waals surface area contributed by atoms with Crippen molar-refractivity contribution in [3.05, 3.63) is 0 Å². The van der Waals surface area contributed by atoms with E-state index in [1.54, 1.807) is 7.11 Å². The zero-order valence-electron chi connectivity index (χ0n) is 9.68. The van der Waals surface area contributed by atoms with Gasteiger partial charge < -0.3 is 15.0 Å². The zero-order valence-corrected chi connectivity index (χ0v) is 9.68. The first-order valence-electron chi connectivity index (χ1n) is 5.92. The number of carbonyl (C=O) groups excluding carboxylic acids is 1. The van der Waals surface area contributed by atoms with Gasteiger partial charge in [0, 0.05) is 13.7 Å². The van der Waals surface area contributed by atoms with E-state index in [-0.39, 0.29) is 5.91 Å². The number of hydrogen-bond acceptors (Lipinski definition) is 2. The molecule has 0 aromatic carbocycles.